The highest BCUT2D eigenvalue weighted by atomic mass is 16.3. The molecule has 0 radical (unpaired) electrons. The summed E-state index contributed by atoms with van der Waals surface area (Å²) in [6, 6.07) is 5.46. The molecular formula is C15H15N7O2. The normalized spacial score (nSPS) is 15.9. The Kier molecular flexibility index (Phi) is 3.98. The summed E-state index contributed by atoms with van der Waals surface area (Å²) in [6.45, 7) is 0. The molecule has 1 aromatic heterocycles. The molecule has 122 valence electrons. The third kappa shape index (κ3) is 2.82. The summed E-state index contributed by atoms with van der Waals surface area (Å²) in [7, 11) is 1.71. The third-order valence-electron chi connectivity index (χ3n) is 3.32. The number of rotatable bonds is 4. The molecular weight excluding hydrogens is 310 g/mol. The molecule has 1 aliphatic heterocycles. The van der Waals surface area contributed by atoms with Gasteiger partial charge in [0.25, 0.3) is 5.91 Å². The molecule has 1 aromatic carbocycles. The van der Waals surface area contributed by atoms with Gasteiger partial charge in [-0.3, -0.25) is 4.79 Å². The summed E-state index contributed by atoms with van der Waals surface area (Å²) in [5.41, 5.74) is 7.25. The van der Waals surface area contributed by atoms with Gasteiger partial charge in [-0.1, -0.05) is 6.07 Å². The van der Waals surface area contributed by atoms with E-state index in [0.29, 0.717) is 28.4 Å². The number of benzene rings is 1. The highest BCUT2D eigenvalue weighted by molar-refractivity contribution is 6.13. The van der Waals surface area contributed by atoms with Crippen molar-refractivity contribution in [2.75, 3.05) is 12.4 Å². The van der Waals surface area contributed by atoms with Crippen LogP contribution in [0.3, 0.4) is 0 Å². The minimum Gasteiger partial charge on any atom is -0.443 e. The van der Waals surface area contributed by atoms with Crippen molar-refractivity contribution in [2.45, 2.75) is 0 Å². The Morgan fingerprint density at radius 3 is 3.00 bits per heavy atom. The van der Waals surface area contributed by atoms with Gasteiger partial charge in [0.2, 0.25) is 0 Å². The van der Waals surface area contributed by atoms with Gasteiger partial charge in [0, 0.05) is 19.3 Å². The van der Waals surface area contributed by atoms with Crippen LogP contribution < -0.4 is 21.7 Å². The number of hydrogen-bond donors (Lipinski definition) is 5. The smallest absolute Gasteiger partial charge is 0.254 e. The zero-order valence-corrected chi connectivity index (χ0v) is 12.8. The predicted octanol–water partition coefficient (Wildman–Crippen LogP) is 0.649. The Labute approximate surface area is 136 Å². The fraction of sp³-hybridized carbons (Fsp3) is 0.0667. The number of amides is 1. The lowest BCUT2D eigenvalue weighted by molar-refractivity contribution is -0.114. The standard InChI is InChI=1S/C15H15N7O2/c1-18-11-5-12(22-15(21-11)8(6-16)14(17)23)20-9-3-2-4-10-13(9)19-7-24-10/h2-7,16,18,21H,1H3,(H2,17,23)(H,20,22)/b15-8-,16-6?. The number of amidine groups is 1. The first-order chi connectivity index (χ1) is 11.6. The quantitative estimate of drug-likeness (QED) is 0.413. The minimum absolute atomic E-state index is 0.0326. The molecule has 0 fully saturated rings. The number of oxazole rings is 1. The molecule has 9 nitrogen and oxygen atoms in total. The number of aromatic nitrogens is 1. The first kappa shape index (κ1) is 15.3. The zero-order valence-electron chi connectivity index (χ0n) is 12.8. The van der Waals surface area contributed by atoms with Gasteiger partial charge in [-0.25, -0.2) is 9.98 Å². The Morgan fingerprint density at radius 1 is 1.46 bits per heavy atom. The van der Waals surface area contributed by atoms with E-state index in [-0.39, 0.29) is 11.4 Å². The van der Waals surface area contributed by atoms with Gasteiger partial charge in [-0.05, 0) is 12.1 Å². The topological polar surface area (TPSA) is 141 Å². The average molecular weight is 325 g/mol. The van der Waals surface area contributed by atoms with Crippen LogP contribution in [0, 0.1) is 5.41 Å². The van der Waals surface area contributed by atoms with Gasteiger partial charge in [-0.15, -0.1) is 0 Å². The zero-order chi connectivity index (χ0) is 17.1. The first-order valence-corrected chi connectivity index (χ1v) is 7.01. The van der Waals surface area contributed by atoms with Gasteiger partial charge in [0.05, 0.1) is 11.3 Å². The highest BCUT2D eigenvalue weighted by Gasteiger charge is 2.17. The Hall–Kier alpha value is -3.62. The van der Waals surface area contributed by atoms with Crippen LogP contribution >= 0.6 is 0 Å². The number of primary amides is 1. The monoisotopic (exact) mass is 325 g/mol. The van der Waals surface area contributed by atoms with Gasteiger partial charge >= 0.3 is 0 Å². The molecule has 3 rings (SSSR count). The Bertz CT molecular complexity index is 907. The van der Waals surface area contributed by atoms with Crippen molar-refractivity contribution in [1.82, 2.24) is 15.6 Å². The van der Waals surface area contributed by atoms with Crippen LogP contribution in [-0.4, -0.2) is 30.0 Å². The fourth-order valence-electron chi connectivity index (χ4n) is 2.19. The molecule has 0 atom stereocenters. The van der Waals surface area contributed by atoms with Crippen LogP contribution in [0.1, 0.15) is 0 Å². The number of carbonyl (C=O) groups is 1. The fourth-order valence-corrected chi connectivity index (χ4v) is 2.19. The summed E-state index contributed by atoms with van der Waals surface area (Å²) in [5.74, 6) is 0.477. The van der Waals surface area contributed by atoms with E-state index in [9.17, 15) is 4.79 Å². The molecule has 0 saturated carbocycles. The third-order valence-corrected chi connectivity index (χ3v) is 3.32. The van der Waals surface area contributed by atoms with E-state index < -0.39 is 5.91 Å². The number of anilines is 1. The van der Waals surface area contributed by atoms with E-state index in [4.69, 9.17) is 15.6 Å². The maximum Gasteiger partial charge on any atom is 0.254 e. The van der Waals surface area contributed by atoms with Crippen LogP contribution in [0.4, 0.5) is 5.69 Å². The molecule has 1 aliphatic rings. The Morgan fingerprint density at radius 2 is 2.29 bits per heavy atom. The molecule has 0 aliphatic carbocycles. The van der Waals surface area contributed by atoms with Crippen LogP contribution in [-0.2, 0) is 4.79 Å². The number of fused-ring (bicyclic) bond motifs is 1. The predicted molar refractivity (Wildman–Crippen MR) is 90.3 cm³/mol. The van der Waals surface area contributed by atoms with E-state index in [2.05, 4.69) is 25.9 Å². The van der Waals surface area contributed by atoms with Crippen molar-refractivity contribution in [1.29, 1.82) is 5.41 Å². The molecule has 9 heteroatoms. The second kappa shape index (κ2) is 6.24. The maximum absolute atomic E-state index is 11.5. The lowest BCUT2D eigenvalue weighted by atomic mass is 10.2. The highest BCUT2D eigenvalue weighted by Crippen LogP contribution is 2.22. The van der Waals surface area contributed by atoms with E-state index in [0.717, 1.165) is 6.21 Å². The summed E-state index contributed by atoms with van der Waals surface area (Å²) >= 11 is 0. The molecule has 0 unspecified atom stereocenters. The summed E-state index contributed by atoms with van der Waals surface area (Å²) < 4.78 is 5.27. The second-order valence-corrected chi connectivity index (χ2v) is 4.83. The van der Waals surface area contributed by atoms with Crippen LogP contribution in [0.2, 0.25) is 0 Å². The largest absolute Gasteiger partial charge is 0.443 e. The molecule has 2 heterocycles. The number of aliphatic imine (C=N–C) groups is 1. The van der Waals surface area contributed by atoms with Crippen molar-refractivity contribution in [3.8, 4) is 0 Å². The number of carbonyl (C=O) groups excluding carboxylic acids is 1. The van der Waals surface area contributed by atoms with E-state index in [1.54, 1.807) is 19.2 Å². The van der Waals surface area contributed by atoms with Gasteiger partial charge in [0.1, 0.15) is 23.0 Å². The van der Waals surface area contributed by atoms with Gasteiger partial charge < -0.3 is 31.5 Å². The molecule has 24 heavy (non-hydrogen) atoms. The van der Waals surface area contributed by atoms with Crippen molar-refractivity contribution in [3.05, 3.63) is 47.9 Å². The molecule has 0 bridgehead atoms. The first-order valence-electron chi connectivity index (χ1n) is 7.01. The summed E-state index contributed by atoms with van der Waals surface area (Å²) in [4.78, 5) is 19.9. The van der Waals surface area contributed by atoms with Crippen molar-refractivity contribution in [3.63, 3.8) is 0 Å². The molecule has 1 amide bonds. The summed E-state index contributed by atoms with van der Waals surface area (Å²) in [5, 5.41) is 16.3. The molecule has 2 aromatic rings. The lowest BCUT2D eigenvalue weighted by Crippen LogP contribution is -2.32. The Balaban J connectivity index is 2.03. The van der Waals surface area contributed by atoms with E-state index in [1.807, 2.05) is 12.1 Å². The molecule has 0 saturated heterocycles. The number of nitrogens with two attached hydrogens (primary N) is 1. The second-order valence-electron chi connectivity index (χ2n) is 4.83. The van der Waals surface area contributed by atoms with Gasteiger partial charge in [0.15, 0.2) is 12.0 Å². The van der Waals surface area contributed by atoms with Crippen LogP contribution in [0.15, 0.2) is 57.3 Å². The average Bonchev–Trinajstić information content (AvgIpc) is 3.04. The molecule has 0 spiro atoms. The van der Waals surface area contributed by atoms with Crippen molar-refractivity contribution >= 4 is 34.7 Å². The number of hydrogen-bond acceptors (Lipinski definition) is 8. The van der Waals surface area contributed by atoms with Crippen molar-refractivity contribution in [2.24, 2.45) is 10.7 Å². The maximum atomic E-state index is 11.5. The minimum atomic E-state index is -0.744. The SMILES string of the molecule is CNC1=CC(Nc2cccc3ocnc23)=N/C(=C(/C=N)C(N)=O)N1. The van der Waals surface area contributed by atoms with Crippen LogP contribution in [0.5, 0.6) is 0 Å². The summed E-state index contributed by atoms with van der Waals surface area (Å²) in [6.07, 6.45) is 3.94. The lowest BCUT2D eigenvalue weighted by Gasteiger charge is -2.19. The van der Waals surface area contributed by atoms with E-state index >= 15 is 0 Å². The molecule has 6 N–H and O–H groups in total. The van der Waals surface area contributed by atoms with Gasteiger partial charge in [-0.2, -0.15) is 0 Å². The number of para-hydroxylation sites is 1. The number of nitrogens with zero attached hydrogens (tertiary/aromatic N) is 2. The van der Waals surface area contributed by atoms with Crippen molar-refractivity contribution < 1.29 is 9.21 Å². The number of nitrogens with one attached hydrogen (secondary N) is 4. The van der Waals surface area contributed by atoms with Crippen LogP contribution in [0.25, 0.3) is 11.1 Å². The van der Waals surface area contributed by atoms with E-state index in [1.165, 1.54) is 6.39 Å².